The first-order valence-electron chi connectivity index (χ1n) is 6.39. The molecule has 1 N–H and O–H groups in total. The molecule has 3 nitrogen and oxygen atoms in total. The summed E-state index contributed by atoms with van der Waals surface area (Å²) in [5, 5.41) is 9.39. The third kappa shape index (κ3) is 4.03. The van der Waals surface area contributed by atoms with Crippen molar-refractivity contribution >= 4 is 17.7 Å². The molecule has 98 valence electrons. The molecule has 18 heavy (non-hydrogen) atoms. The first-order chi connectivity index (χ1) is 8.75. The monoisotopic (exact) mass is 265 g/mol. The SMILES string of the molecule is O=C(CCSc1ccccc1)N1CCC(O)CC1. The smallest absolute Gasteiger partial charge is 0.223 e. The molecule has 0 spiro atoms. The fraction of sp³-hybridized carbons (Fsp3) is 0.500. The Hall–Kier alpha value is -1.00. The van der Waals surface area contributed by atoms with Gasteiger partial charge in [0.15, 0.2) is 0 Å². The zero-order valence-corrected chi connectivity index (χ0v) is 11.2. The summed E-state index contributed by atoms with van der Waals surface area (Å²) >= 11 is 1.72. The number of aliphatic hydroxyl groups excluding tert-OH is 1. The van der Waals surface area contributed by atoms with Crippen LogP contribution in [0.25, 0.3) is 0 Å². The highest BCUT2D eigenvalue weighted by atomic mass is 32.2. The van der Waals surface area contributed by atoms with Crippen molar-refractivity contribution in [3.63, 3.8) is 0 Å². The summed E-state index contributed by atoms with van der Waals surface area (Å²) in [6.45, 7) is 1.41. The first kappa shape index (κ1) is 13.4. The number of nitrogens with zero attached hydrogens (tertiary/aromatic N) is 1. The minimum absolute atomic E-state index is 0.213. The zero-order valence-electron chi connectivity index (χ0n) is 10.4. The molecular formula is C14H19NO2S. The molecule has 4 heteroatoms. The van der Waals surface area contributed by atoms with Gasteiger partial charge in [0.25, 0.3) is 0 Å². The third-order valence-corrected chi connectivity index (χ3v) is 4.16. The number of thioether (sulfide) groups is 1. The molecule has 1 saturated heterocycles. The van der Waals surface area contributed by atoms with E-state index in [2.05, 4.69) is 12.1 Å². The van der Waals surface area contributed by atoms with Gasteiger partial charge in [0.05, 0.1) is 6.10 Å². The van der Waals surface area contributed by atoms with Gasteiger partial charge < -0.3 is 10.0 Å². The molecular weight excluding hydrogens is 246 g/mol. The summed E-state index contributed by atoms with van der Waals surface area (Å²) in [4.78, 5) is 15.0. The van der Waals surface area contributed by atoms with E-state index in [0.717, 1.165) is 18.6 Å². The van der Waals surface area contributed by atoms with Crippen LogP contribution < -0.4 is 0 Å². The van der Waals surface area contributed by atoms with E-state index in [0.29, 0.717) is 19.5 Å². The van der Waals surface area contributed by atoms with Crippen LogP contribution in [0.3, 0.4) is 0 Å². The quantitative estimate of drug-likeness (QED) is 0.848. The van der Waals surface area contributed by atoms with Crippen LogP contribution in [-0.4, -0.2) is 40.9 Å². The topological polar surface area (TPSA) is 40.5 Å². The van der Waals surface area contributed by atoms with Crippen LogP contribution in [0.1, 0.15) is 19.3 Å². The maximum absolute atomic E-state index is 11.9. The minimum Gasteiger partial charge on any atom is -0.393 e. The Balaban J connectivity index is 1.69. The highest BCUT2D eigenvalue weighted by molar-refractivity contribution is 7.99. The molecule has 1 heterocycles. The second kappa shape index (κ2) is 6.81. The lowest BCUT2D eigenvalue weighted by atomic mass is 10.1. The van der Waals surface area contributed by atoms with Crippen molar-refractivity contribution < 1.29 is 9.90 Å². The Labute approximate surface area is 112 Å². The summed E-state index contributed by atoms with van der Waals surface area (Å²) in [6, 6.07) is 10.1. The molecule has 0 aliphatic carbocycles. The predicted molar refractivity (Wildman–Crippen MR) is 73.6 cm³/mol. The first-order valence-corrected chi connectivity index (χ1v) is 7.38. The molecule has 1 aliphatic heterocycles. The summed E-state index contributed by atoms with van der Waals surface area (Å²) < 4.78 is 0. The van der Waals surface area contributed by atoms with Crippen molar-refractivity contribution in [1.82, 2.24) is 4.90 Å². The number of aliphatic hydroxyl groups is 1. The van der Waals surface area contributed by atoms with Crippen LogP contribution in [0.2, 0.25) is 0 Å². The molecule has 1 amide bonds. The average molecular weight is 265 g/mol. The lowest BCUT2D eigenvalue weighted by Crippen LogP contribution is -2.40. The van der Waals surface area contributed by atoms with Gasteiger partial charge in [0.1, 0.15) is 0 Å². The number of likely N-dealkylation sites (tertiary alicyclic amines) is 1. The fourth-order valence-corrected chi connectivity index (χ4v) is 2.91. The Morgan fingerprint density at radius 3 is 2.61 bits per heavy atom. The molecule has 1 aromatic rings. The normalized spacial score (nSPS) is 16.8. The van der Waals surface area contributed by atoms with E-state index in [1.54, 1.807) is 11.8 Å². The minimum atomic E-state index is -0.215. The van der Waals surface area contributed by atoms with Gasteiger partial charge in [-0.2, -0.15) is 0 Å². The Morgan fingerprint density at radius 2 is 1.94 bits per heavy atom. The molecule has 1 fully saturated rings. The molecule has 0 atom stereocenters. The Bertz CT molecular complexity index is 375. The largest absolute Gasteiger partial charge is 0.393 e. The number of rotatable bonds is 4. The van der Waals surface area contributed by atoms with Crippen LogP contribution in [0.5, 0.6) is 0 Å². The maximum Gasteiger partial charge on any atom is 0.223 e. The van der Waals surface area contributed by atoms with E-state index in [1.807, 2.05) is 23.1 Å². The number of carbonyl (C=O) groups is 1. The Morgan fingerprint density at radius 1 is 1.28 bits per heavy atom. The predicted octanol–water partition coefficient (Wildman–Crippen LogP) is 2.15. The van der Waals surface area contributed by atoms with E-state index in [-0.39, 0.29) is 12.0 Å². The second-order valence-corrected chi connectivity index (χ2v) is 5.69. The van der Waals surface area contributed by atoms with Crippen molar-refractivity contribution in [3.8, 4) is 0 Å². The van der Waals surface area contributed by atoms with Crippen molar-refractivity contribution in [2.75, 3.05) is 18.8 Å². The van der Waals surface area contributed by atoms with Gasteiger partial charge in [0.2, 0.25) is 5.91 Å². The van der Waals surface area contributed by atoms with E-state index in [9.17, 15) is 9.90 Å². The zero-order chi connectivity index (χ0) is 12.8. The molecule has 1 aliphatic rings. The molecule has 0 radical (unpaired) electrons. The van der Waals surface area contributed by atoms with E-state index in [4.69, 9.17) is 0 Å². The van der Waals surface area contributed by atoms with Gasteiger partial charge >= 0.3 is 0 Å². The molecule has 1 aromatic carbocycles. The van der Waals surface area contributed by atoms with Crippen LogP contribution in [0.15, 0.2) is 35.2 Å². The van der Waals surface area contributed by atoms with Crippen LogP contribution in [0, 0.1) is 0 Å². The van der Waals surface area contributed by atoms with Gasteiger partial charge in [-0.25, -0.2) is 0 Å². The van der Waals surface area contributed by atoms with Crippen molar-refractivity contribution in [1.29, 1.82) is 0 Å². The maximum atomic E-state index is 11.9. The highest BCUT2D eigenvalue weighted by Gasteiger charge is 2.20. The van der Waals surface area contributed by atoms with Gasteiger partial charge in [-0.3, -0.25) is 4.79 Å². The van der Waals surface area contributed by atoms with Crippen molar-refractivity contribution in [2.24, 2.45) is 0 Å². The van der Waals surface area contributed by atoms with Gasteiger partial charge in [-0.15, -0.1) is 11.8 Å². The number of amides is 1. The van der Waals surface area contributed by atoms with E-state index >= 15 is 0 Å². The molecule has 2 rings (SSSR count). The summed E-state index contributed by atoms with van der Waals surface area (Å²) in [5.74, 6) is 1.03. The van der Waals surface area contributed by atoms with Gasteiger partial charge in [0, 0.05) is 30.2 Å². The lowest BCUT2D eigenvalue weighted by molar-refractivity contribution is -0.132. The lowest BCUT2D eigenvalue weighted by Gasteiger charge is -2.29. The van der Waals surface area contributed by atoms with Crippen LogP contribution in [-0.2, 0) is 4.79 Å². The fourth-order valence-electron chi connectivity index (χ4n) is 2.05. The number of hydrogen-bond donors (Lipinski definition) is 1. The molecule has 0 saturated carbocycles. The number of benzene rings is 1. The van der Waals surface area contributed by atoms with Crippen molar-refractivity contribution in [3.05, 3.63) is 30.3 Å². The van der Waals surface area contributed by atoms with Crippen molar-refractivity contribution in [2.45, 2.75) is 30.3 Å². The van der Waals surface area contributed by atoms with Gasteiger partial charge in [-0.05, 0) is 25.0 Å². The van der Waals surface area contributed by atoms with E-state index in [1.165, 1.54) is 4.90 Å². The average Bonchev–Trinajstić information content (AvgIpc) is 2.40. The highest BCUT2D eigenvalue weighted by Crippen LogP contribution is 2.19. The van der Waals surface area contributed by atoms with Crippen LogP contribution in [0.4, 0.5) is 0 Å². The molecule has 0 unspecified atom stereocenters. The summed E-state index contributed by atoms with van der Waals surface area (Å²) in [7, 11) is 0. The number of piperidine rings is 1. The van der Waals surface area contributed by atoms with Crippen LogP contribution >= 0.6 is 11.8 Å². The summed E-state index contributed by atoms with van der Waals surface area (Å²) in [5.41, 5.74) is 0. The number of carbonyl (C=O) groups excluding carboxylic acids is 1. The third-order valence-electron chi connectivity index (χ3n) is 3.15. The number of hydrogen-bond acceptors (Lipinski definition) is 3. The van der Waals surface area contributed by atoms with E-state index < -0.39 is 0 Å². The molecule has 0 bridgehead atoms. The Kier molecular flexibility index (Phi) is 5.08. The standard InChI is InChI=1S/C14H19NO2S/c16-12-6-9-15(10-7-12)14(17)8-11-18-13-4-2-1-3-5-13/h1-5,12,16H,6-11H2. The molecule has 0 aromatic heterocycles. The second-order valence-electron chi connectivity index (χ2n) is 4.52. The summed E-state index contributed by atoms with van der Waals surface area (Å²) in [6.07, 6.45) is 1.80. The van der Waals surface area contributed by atoms with Gasteiger partial charge in [-0.1, -0.05) is 18.2 Å².